The van der Waals surface area contributed by atoms with Gasteiger partial charge >= 0.3 is 0 Å². The zero-order valence-corrected chi connectivity index (χ0v) is 15.7. The van der Waals surface area contributed by atoms with Gasteiger partial charge in [-0.25, -0.2) is 0 Å². The molecule has 0 aliphatic rings. The SMILES string of the molecule is CC.CC[C@H](C)C(NC(=O)Cc1c[nH]c2cccc(C)c12)C(C)=O. The summed E-state index contributed by atoms with van der Waals surface area (Å²) in [5.74, 6) is 0.0496. The van der Waals surface area contributed by atoms with Gasteiger partial charge in [-0.3, -0.25) is 9.59 Å². The average Bonchev–Trinajstić information content (AvgIpc) is 2.98. The van der Waals surface area contributed by atoms with Gasteiger partial charge in [0.2, 0.25) is 5.91 Å². The van der Waals surface area contributed by atoms with Crippen LogP contribution in [0, 0.1) is 12.8 Å². The largest absolute Gasteiger partial charge is 0.361 e. The Hall–Kier alpha value is -2.10. The summed E-state index contributed by atoms with van der Waals surface area (Å²) in [6.07, 6.45) is 3.02. The van der Waals surface area contributed by atoms with Gasteiger partial charge in [-0.1, -0.05) is 46.2 Å². The van der Waals surface area contributed by atoms with Crippen molar-refractivity contribution >= 4 is 22.6 Å². The Kier molecular flexibility index (Phi) is 7.69. The van der Waals surface area contributed by atoms with Crippen molar-refractivity contribution in [1.29, 1.82) is 0 Å². The number of benzene rings is 1. The van der Waals surface area contributed by atoms with E-state index in [9.17, 15) is 9.59 Å². The molecule has 4 nitrogen and oxygen atoms in total. The highest BCUT2D eigenvalue weighted by Crippen LogP contribution is 2.22. The second kappa shape index (κ2) is 9.26. The predicted octanol–water partition coefficient (Wildman–Crippen LogP) is 4.16. The number of hydrogen-bond donors (Lipinski definition) is 2. The number of Topliss-reactive ketones (excluding diaryl/α,β-unsaturated/α-hetero) is 1. The molecule has 0 aliphatic heterocycles. The van der Waals surface area contributed by atoms with E-state index in [1.807, 2.05) is 59.0 Å². The average molecular weight is 330 g/mol. The molecule has 2 N–H and O–H groups in total. The summed E-state index contributed by atoms with van der Waals surface area (Å²) in [6, 6.07) is 5.63. The monoisotopic (exact) mass is 330 g/mol. The van der Waals surface area contributed by atoms with Crippen LogP contribution in [0.2, 0.25) is 0 Å². The fourth-order valence-corrected chi connectivity index (χ4v) is 2.87. The van der Waals surface area contributed by atoms with E-state index in [2.05, 4.69) is 10.3 Å². The van der Waals surface area contributed by atoms with E-state index in [0.29, 0.717) is 0 Å². The normalized spacial score (nSPS) is 12.9. The first-order chi connectivity index (χ1) is 11.4. The van der Waals surface area contributed by atoms with Gasteiger partial charge in [-0.05, 0) is 37.0 Å². The summed E-state index contributed by atoms with van der Waals surface area (Å²) < 4.78 is 0. The number of hydrogen-bond acceptors (Lipinski definition) is 2. The lowest BCUT2D eigenvalue weighted by molar-refractivity contribution is -0.127. The van der Waals surface area contributed by atoms with Gasteiger partial charge in [0.15, 0.2) is 5.78 Å². The third-order valence-corrected chi connectivity index (χ3v) is 4.31. The van der Waals surface area contributed by atoms with Crippen LogP contribution in [0.25, 0.3) is 10.9 Å². The third kappa shape index (κ3) is 4.70. The standard InChI is InChI=1S/C18H24N2O2.C2H6/c1-5-11(2)18(13(4)21)20-16(22)9-14-10-19-15-8-6-7-12(3)17(14)15;1-2/h6-8,10-11,18-19H,5,9H2,1-4H3,(H,20,22);1-2H3/t11-,18?;/m0./s1. The summed E-state index contributed by atoms with van der Waals surface area (Å²) in [7, 11) is 0. The van der Waals surface area contributed by atoms with Crippen LogP contribution in [0.15, 0.2) is 24.4 Å². The Morgan fingerprint density at radius 2 is 1.92 bits per heavy atom. The number of carbonyl (C=O) groups excluding carboxylic acids is 2. The molecule has 0 bridgehead atoms. The Balaban J connectivity index is 0.00000139. The number of carbonyl (C=O) groups is 2. The van der Waals surface area contributed by atoms with Gasteiger partial charge in [-0.15, -0.1) is 0 Å². The van der Waals surface area contributed by atoms with Crippen molar-refractivity contribution in [3.8, 4) is 0 Å². The number of ketones is 1. The summed E-state index contributed by atoms with van der Waals surface area (Å²) in [4.78, 5) is 27.2. The number of rotatable bonds is 6. The van der Waals surface area contributed by atoms with E-state index >= 15 is 0 Å². The quantitative estimate of drug-likeness (QED) is 0.835. The van der Waals surface area contributed by atoms with Gasteiger partial charge in [0.1, 0.15) is 0 Å². The number of fused-ring (bicyclic) bond motifs is 1. The van der Waals surface area contributed by atoms with E-state index in [1.54, 1.807) is 0 Å². The summed E-state index contributed by atoms with van der Waals surface area (Å²) in [5, 5.41) is 3.98. The van der Waals surface area contributed by atoms with Crippen LogP contribution in [0.3, 0.4) is 0 Å². The van der Waals surface area contributed by atoms with Crippen LogP contribution < -0.4 is 5.32 Å². The van der Waals surface area contributed by atoms with Crippen LogP contribution >= 0.6 is 0 Å². The van der Waals surface area contributed by atoms with Gasteiger partial charge in [0.05, 0.1) is 12.5 Å². The summed E-state index contributed by atoms with van der Waals surface area (Å²) in [5.41, 5.74) is 3.15. The van der Waals surface area contributed by atoms with E-state index in [4.69, 9.17) is 0 Å². The zero-order valence-electron chi connectivity index (χ0n) is 15.7. The minimum atomic E-state index is -0.399. The number of aromatic amines is 1. The molecule has 132 valence electrons. The van der Waals surface area contributed by atoms with Crippen LogP contribution in [0.4, 0.5) is 0 Å². The Bertz CT molecular complexity index is 688. The molecule has 4 heteroatoms. The first-order valence-electron chi connectivity index (χ1n) is 8.79. The van der Waals surface area contributed by atoms with Gasteiger partial charge < -0.3 is 10.3 Å². The molecular weight excluding hydrogens is 300 g/mol. The van der Waals surface area contributed by atoms with Gasteiger partial charge in [0.25, 0.3) is 0 Å². The fourth-order valence-electron chi connectivity index (χ4n) is 2.87. The van der Waals surface area contributed by atoms with Gasteiger partial charge in [-0.2, -0.15) is 0 Å². The maximum absolute atomic E-state index is 12.3. The highest BCUT2D eigenvalue weighted by molar-refractivity contribution is 5.93. The van der Waals surface area contributed by atoms with Crippen LogP contribution in [-0.2, 0) is 16.0 Å². The van der Waals surface area contributed by atoms with Crippen molar-refractivity contribution in [1.82, 2.24) is 10.3 Å². The van der Waals surface area contributed by atoms with E-state index in [-0.39, 0.29) is 24.0 Å². The van der Waals surface area contributed by atoms with Gasteiger partial charge in [0, 0.05) is 17.1 Å². The molecule has 1 heterocycles. The predicted molar refractivity (Wildman–Crippen MR) is 100 cm³/mol. The smallest absolute Gasteiger partial charge is 0.225 e. The third-order valence-electron chi connectivity index (χ3n) is 4.31. The maximum atomic E-state index is 12.3. The topological polar surface area (TPSA) is 62.0 Å². The maximum Gasteiger partial charge on any atom is 0.225 e. The Labute approximate surface area is 145 Å². The molecule has 24 heavy (non-hydrogen) atoms. The minimum Gasteiger partial charge on any atom is -0.361 e. The van der Waals surface area contributed by atoms with Crippen molar-refractivity contribution in [3.63, 3.8) is 0 Å². The van der Waals surface area contributed by atoms with Crippen LogP contribution in [-0.4, -0.2) is 22.7 Å². The lowest BCUT2D eigenvalue weighted by atomic mass is 9.95. The van der Waals surface area contributed by atoms with Crippen molar-refractivity contribution in [2.24, 2.45) is 5.92 Å². The number of aryl methyl sites for hydroxylation is 1. The Morgan fingerprint density at radius 1 is 1.25 bits per heavy atom. The van der Waals surface area contributed by atoms with E-state index in [1.165, 1.54) is 6.92 Å². The van der Waals surface area contributed by atoms with E-state index < -0.39 is 6.04 Å². The molecule has 0 aliphatic carbocycles. The molecular formula is C20H30N2O2. The molecule has 0 fully saturated rings. The highest BCUT2D eigenvalue weighted by atomic mass is 16.2. The number of amides is 1. The first kappa shape index (κ1) is 19.9. The summed E-state index contributed by atoms with van der Waals surface area (Å²) in [6.45, 7) is 11.6. The molecule has 0 saturated heterocycles. The van der Waals surface area contributed by atoms with Crippen LogP contribution in [0.1, 0.15) is 52.2 Å². The lowest BCUT2D eigenvalue weighted by Crippen LogP contribution is -2.44. The fraction of sp³-hybridized carbons (Fsp3) is 0.500. The molecule has 2 rings (SSSR count). The molecule has 2 atom stereocenters. The van der Waals surface area contributed by atoms with Crippen molar-refractivity contribution in [2.45, 2.75) is 60.4 Å². The van der Waals surface area contributed by atoms with Crippen molar-refractivity contribution in [3.05, 3.63) is 35.5 Å². The molecule has 0 saturated carbocycles. The first-order valence-corrected chi connectivity index (χ1v) is 8.79. The zero-order chi connectivity index (χ0) is 18.3. The number of H-pyrrole nitrogens is 1. The highest BCUT2D eigenvalue weighted by Gasteiger charge is 2.23. The lowest BCUT2D eigenvalue weighted by Gasteiger charge is -2.21. The summed E-state index contributed by atoms with van der Waals surface area (Å²) >= 11 is 0. The molecule has 1 aromatic heterocycles. The van der Waals surface area contributed by atoms with Crippen molar-refractivity contribution < 1.29 is 9.59 Å². The minimum absolute atomic E-state index is 0.0119. The molecule has 1 unspecified atom stereocenters. The number of aromatic nitrogens is 1. The molecule has 0 radical (unpaired) electrons. The van der Waals surface area contributed by atoms with E-state index in [0.717, 1.165) is 28.5 Å². The molecule has 1 amide bonds. The van der Waals surface area contributed by atoms with Crippen LogP contribution in [0.5, 0.6) is 0 Å². The second-order valence-corrected chi connectivity index (χ2v) is 6.03. The Morgan fingerprint density at radius 3 is 2.50 bits per heavy atom. The van der Waals surface area contributed by atoms with Crippen molar-refractivity contribution in [2.75, 3.05) is 0 Å². The molecule has 0 spiro atoms. The second-order valence-electron chi connectivity index (χ2n) is 6.03. The molecule has 1 aromatic carbocycles. The molecule has 2 aromatic rings. The number of nitrogens with one attached hydrogen (secondary N) is 2.